The van der Waals surface area contributed by atoms with Crippen LogP contribution in [0.25, 0.3) is 0 Å². The van der Waals surface area contributed by atoms with Gasteiger partial charge in [0.2, 0.25) is 11.8 Å². The molecule has 2 fully saturated rings. The Hall–Kier alpha value is -1.43. The van der Waals surface area contributed by atoms with Crippen LogP contribution in [0.5, 0.6) is 0 Å². The van der Waals surface area contributed by atoms with Crippen molar-refractivity contribution in [1.29, 1.82) is 0 Å². The Bertz CT molecular complexity index is 538. The normalized spacial score (nSPS) is 21.4. The predicted octanol–water partition coefficient (Wildman–Crippen LogP) is 1.62. The molecule has 106 valence electrons. The molecular weight excluding hydrogens is 322 g/mol. The second kappa shape index (κ2) is 5.16. The van der Waals surface area contributed by atoms with E-state index < -0.39 is 5.54 Å². The monoisotopic (exact) mass is 337 g/mol. The van der Waals surface area contributed by atoms with Crippen molar-refractivity contribution in [3.63, 3.8) is 0 Å². The molecule has 5 nitrogen and oxygen atoms in total. The summed E-state index contributed by atoms with van der Waals surface area (Å²) in [5.41, 5.74) is 0.148. The lowest BCUT2D eigenvalue weighted by Gasteiger charge is -2.39. The lowest BCUT2D eigenvalue weighted by Crippen LogP contribution is -2.65. The van der Waals surface area contributed by atoms with Crippen LogP contribution in [-0.4, -0.2) is 33.8 Å². The van der Waals surface area contributed by atoms with E-state index in [-0.39, 0.29) is 18.4 Å². The second-order valence-corrected chi connectivity index (χ2v) is 6.38. The Kier molecular flexibility index (Phi) is 3.50. The topological polar surface area (TPSA) is 62.3 Å². The fraction of sp³-hybridized carbons (Fsp3) is 0.500. The van der Waals surface area contributed by atoms with E-state index in [9.17, 15) is 9.59 Å². The standard InChI is InChI=1S/C14H16BrN3O2/c15-10-3-4-11(16-7-10)8-18-9-12(19)17-14(13(18)20)5-1-2-6-14/h3-4,7H,1-2,5-6,8-9H2,(H,17,19). The summed E-state index contributed by atoms with van der Waals surface area (Å²) < 4.78 is 0.899. The molecule has 0 atom stereocenters. The zero-order valence-electron chi connectivity index (χ0n) is 11.1. The number of pyridine rings is 1. The third-order valence-electron chi connectivity index (χ3n) is 4.01. The van der Waals surface area contributed by atoms with Crippen molar-refractivity contribution < 1.29 is 9.59 Å². The van der Waals surface area contributed by atoms with Gasteiger partial charge in [0.15, 0.2) is 0 Å². The summed E-state index contributed by atoms with van der Waals surface area (Å²) >= 11 is 3.33. The average Bonchev–Trinajstić information content (AvgIpc) is 2.87. The molecule has 0 unspecified atom stereocenters. The summed E-state index contributed by atoms with van der Waals surface area (Å²) in [6.07, 6.45) is 5.20. The van der Waals surface area contributed by atoms with Crippen molar-refractivity contribution in [3.05, 3.63) is 28.5 Å². The summed E-state index contributed by atoms with van der Waals surface area (Å²) in [5, 5.41) is 2.91. The molecule has 1 aliphatic carbocycles. The molecule has 1 aromatic rings. The van der Waals surface area contributed by atoms with Crippen molar-refractivity contribution >= 4 is 27.7 Å². The minimum atomic E-state index is -0.648. The molecule has 0 aromatic carbocycles. The Labute approximate surface area is 125 Å². The minimum Gasteiger partial charge on any atom is -0.340 e. The van der Waals surface area contributed by atoms with Crippen LogP contribution in [0.2, 0.25) is 0 Å². The molecule has 1 saturated carbocycles. The molecule has 1 aliphatic heterocycles. The Morgan fingerprint density at radius 1 is 1.30 bits per heavy atom. The van der Waals surface area contributed by atoms with Crippen molar-refractivity contribution in [3.8, 4) is 0 Å². The molecule has 2 heterocycles. The second-order valence-electron chi connectivity index (χ2n) is 5.47. The first kappa shape index (κ1) is 13.5. The third kappa shape index (κ3) is 2.44. The summed E-state index contributed by atoms with van der Waals surface area (Å²) in [6.45, 7) is 0.514. The van der Waals surface area contributed by atoms with Gasteiger partial charge < -0.3 is 10.2 Å². The smallest absolute Gasteiger partial charge is 0.249 e. The van der Waals surface area contributed by atoms with Crippen molar-refractivity contribution in [1.82, 2.24) is 15.2 Å². The number of hydrogen-bond acceptors (Lipinski definition) is 3. The highest BCUT2D eigenvalue weighted by Crippen LogP contribution is 2.33. The number of nitrogens with zero attached hydrogens (tertiary/aromatic N) is 2. The van der Waals surface area contributed by atoms with Gasteiger partial charge in [-0.15, -0.1) is 0 Å². The molecule has 0 bridgehead atoms. The number of hydrogen-bond donors (Lipinski definition) is 1. The summed E-state index contributed by atoms with van der Waals surface area (Å²) in [5.74, 6) is -0.0251. The van der Waals surface area contributed by atoms with Gasteiger partial charge in [0.1, 0.15) is 12.1 Å². The first-order valence-corrected chi connectivity index (χ1v) is 7.59. The summed E-state index contributed by atoms with van der Waals surface area (Å²) in [6, 6.07) is 3.76. The van der Waals surface area contributed by atoms with Crippen LogP contribution in [0.1, 0.15) is 31.4 Å². The predicted molar refractivity (Wildman–Crippen MR) is 76.7 cm³/mol. The third-order valence-corrected chi connectivity index (χ3v) is 4.48. The SMILES string of the molecule is O=C1CN(Cc2ccc(Br)cn2)C(=O)C2(CCCC2)N1. The number of aromatic nitrogens is 1. The molecule has 1 N–H and O–H groups in total. The van der Waals surface area contributed by atoms with E-state index in [4.69, 9.17) is 0 Å². The fourth-order valence-corrected chi connectivity index (χ4v) is 3.28. The van der Waals surface area contributed by atoms with Gasteiger partial charge in [-0.05, 0) is 40.9 Å². The first-order chi connectivity index (χ1) is 9.59. The van der Waals surface area contributed by atoms with Gasteiger partial charge in [-0.1, -0.05) is 12.8 Å². The van der Waals surface area contributed by atoms with E-state index in [1.165, 1.54) is 0 Å². The zero-order valence-corrected chi connectivity index (χ0v) is 12.6. The molecule has 1 aromatic heterocycles. The highest BCUT2D eigenvalue weighted by molar-refractivity contribution is 9.10. The van der Waals surface area contributed by atoms with Crippen LogP contribution in [0.4, 0.5) is 0 Å². The Morgan fingerprint density at radius 3 is 2.70 bits per heavy atom. The molecule has 6 heteroatoms. The molecule has 3 rings (SSSR count). The van der Waals surface area contributed by atoms with Crippen LogP contribution >= 0.6 is 15.9 Å². The van der Waals surface area contributed by atoms with Gasteiger partial charge >= 0.3 is 0 Å². The number of rotatable bonds is 2. The van der Waals surface area contributed by atoms with Gasteiger partial charge in [-0.2, -0.15) is 0 Å². The van der Waals surface area contributed by atoms with Crippen molar-refractivity contribution in [2.24, 2.45) is 0 Å². The molecular formula is C14H16BrN3O2. The maximum Gasteiger partial charge on any atom is 0.249 e. The van der Waals surface area contributed by atoms with E-state index in [1.54, 1.807) is 11.1 Å². The van der Waals surface area contributed by atoms with Crippen LogP contribution in [0, 0.1) is 0 Å². The quantitative estimate of drug-likeness (QED) is 0.891. The summed E-state index contributed by atoms with van der Waals surface area (Å²) in [4.78, 5) is 30.4. The number of halogens is 1. The minimum absolute atomic E-state index is 0.0410. The molecule has 2 amide bonds. The lowest BCUT2D eigenvalue weighted by atomic mass is 9.93. The van der Waals surface area contributed by atoms with Crippen molar-refractivity contribution in [2.75, 3.05) is 6.54 Å². The Morgan fingerprint density at radius 2 is 2.05 bits per heavy atom. The molecule has 2 aliphatic rings. The van der Waals surface area contributed by atoms with Crippen LogP contribution in [0.3, 0.4) is 0 Å². The number of nitrogens with one attached hydrogen (secondary N) is 1. The van der Waals surface area contributed by atoms with E-state index >= 15 is 0 Å². The first-order valence-electron chi connectivity index (χ1n) is 6.80. The largest absolute Gasteiger partial charge is 0.340 e. The van der Waals surface area contributed by atoms with Crippen LogP contribution in [-0.2, 0) is 16.1 Å². The van der Waals surface area contributed by atoms with Gasteiger partial charge in [0.05, 0.1) is 12.2 Å². The van der Waals surface area contributed by atoms with E-state index in [2.05, 4.69) is 26.2 Å². The molecule has 1 spiro atoms. The molecule has 0 radical (unpaired) electrons. The van der Waals surface area contributed by atoms with Gasteiger partial charge in [0, 0.05) is 10.7 Å². The van der Waals surface area contributed by atoms with E-state index in [0.717, 1.165) is 35.8 Å². The lowest BCUT2D eigenvalue weighted by molar-refractivity contribution is -0.150. The van der Waals surface area contributed by atoms with Crippen molar-refractivity contribution in [2.45, 2.75) is 37.8 Å². The fourth-order valence-electron chi connectivity index (χ4n) is 3.05. The maximum absolute atomic E-state index is 12.6. The van der Waals surface area contributed by atoms with Crippen LogP contribution < -0.4 is 5.32 Å². The summed E-state index contributed by atoms with van der Waals surface area (Å²) in [7, 11) is 0. The average molecular weight is 338 g/mol. The maximum atomic E-state index is 12.6. The van der Waals surface area contributed by atoms with Crippen LogP contribution in [0.15, 0.2) is 22.8 Å². The zero-order chi connectivity index (χ0) is 14.2. The Balaban J connectivity index is 1.79. The van der Waals surface area contributed by atoms with E-state index in [1.807, 2.05) is 12.1 Å². The number of carbonyl (C=O) groups excluding carboxylic acids is 2. The number of amides is 2. The highest BCUT2D eigenvalue weighted by atomic mass is 79.9. The number of carbonyl (C=O) groups is 2. The van der Waals surface area contributed by atoms with Gasteiger partial charge in [-0.3, -0.25) is 14.6 Å². The highest BCUT2D eigenvalue weighted by Gasteiger charge is 2.48. The van der Waals surface area contributed by atoms with E-state index in [0.29, 0.717) is 6.54 Å². The molecule has 1 saturated heterocycles. The molecule has 20 heavy (non-hydrogen) atoms. The number of piperazine rings is 1. The van der Waals surface area contributed by atoms with Gasteiger partial charge in [-0.25, -0.2) is 0 Å². The van der Waals surface area contributed by atoms with Gasteiger partial charge in [0.25, 0.3) is 0 Å².